The van der Waals surface area contributed by atoms with Crippen LogP contribution in [0.4, 0.5) is 32.3 Å². The van der Waals surface area contributed by atoms with E-state index >= 15 is 0 Å². The number of carbonyl (C=O) groups excluding carboxylic acids is 2. The summed E-state index contributed by atoms with van der Waals surface area (Å²) in [5.41, 5.74) is 3.90. The molecule has 2 N–H and O–H groups in total. The third kappa shape index (κ3) is 15.2. The molecule has 280 valence electrons. The number of benzene rings is 2. The van der Waals surface area contributed by atoms with Crippen LogP contribution in [0.5, 0.6) is 0 Å². The van der Waals surface area contributed by atoms with Crippen molar-refractivity contribution in [1.29, 1.82) is 0 Å². The van der Waals surface area contributed by atoms with Crippen LogP contribution < -0.4 is 20.4 Å². The SMILES string of the molecule is CCCCCCCCN(C[C@H]1CCC[C@H](CN(CCCCCCCC)C(=O)Nc2ccc(N(C)C)cc2)C1)C(=O)Nc1ccc(N(C)C)cc1. The van der Waals surface area contributed by atoms with Gasteiger partial charge >= 0.3 is 12.1 Å². The van der Waals surface area contributed by atoms with Gasteiger partial charge in [0.25, 0.3) is 0 Å². The van der Waals surface area contributed by atoms with Crippen molar-refractivity contribution in [3.05, 3.63) is 48.5 Å². The van der Waals surface area contributed by atoms with Crippen molar-refractivity contribution in [3.63, 3.8) is 0 Å². The van der Waals surface area contributed by atoms with E-state index in [0.717, 1.165) is 100 Å². The zero-order valence-corrected chi connectivity index (χ0v) is 32.5. The molecular weight excluding hydrogens is 621 g/mol. The lowest BCUT2D eigenvalue weighted by Gasteiger charge is -2.36. The molecule has 1 aliphatic carbocycles. The first kappa shape index (κ1) is 41.0. The average Bonchev–Trinajstić information content (AvgIpc) is 3.10. The van der Waals surface area contributed by atoms with E-state index in [4.69, 9.17) is 0 Å². The molecule has 0 saturated heterocycles. The van der Waals surface area contributed by atoms with Crippen LogP contribution in [0.1, 0.15) is 117 Å². The molecule has 3 rings (SSSR count). The van der Waals surface area contributed by atoms with E-state index < -0.39 is 0 Å². The summed E-state index contributed by atoms with van der Waals surface area (Å²) < 4.78 is 0. The standard InChI is InChI=1S/C42H70N6O2/c1-7-9-11-13-15-17-30-47(41(49)43-37-22-26-39(27-23-37)45(3)4)33-35-20-19-21-36(32-35)34-48(31-18-16-14-12-10-8-2)42(50)44-38-24-28-40(29-25-38)46(5)6/h22-29,35-36H,7-21,30-34H2,1-6H3,(H,43,49)(H,44,50)/t35-,36-/m0/s1. The molecule has 0 heterocycles. The molecule has 0 unspecified atom stereocenters. The van der Waals surface area contributed by atoms with Gasteiger partial charge in [-0.15, -0.1) is 0 Å². The smallest absolute Gasteiger partial charge is 0.321 e. The molecule has 0 spiro atoms. The van der Waals surface area contributed by atoms with E-state index in [-0.39, 0.29) is 12.1 Å². The van der Waals surface area contributed by atoms with Crippen LogP contribution >= 0.6 is 0 Å². The second-order valence-electron chi connectivity index (χ2n) is 15.1. The fourth-order valence-electron chi connectivity index (χ4n) is 7.17. The molecule has 2 aromatic carbocycles. The number of anilines is 4. The topological polar surface area (TPSA) is 71.2 Å². The maximum Gasteiger partial charge on any atom is 0.321 e. The first-order valence-electron chi connectivity index (χ1n) is 19.9. The Hall–Kier alpha value is -3.42. The van der Waals surface area contributed by atoms with Gasteiger partial charge < -0.3 is 30.2 Å². The molecule has 0 aliphatic heterocycles. The Labute approximate surface area is 305 Å². The van der Waals surface area contributed by atoms with E-state index in [9.17, 15) is 9.59 Å². The summed E-state index contributed by atoms with van der Waals surface area (Å²) in [6.07, 6.45) is 18.9. The van der Waals surface area contributed by atoms with E-state index in [0.29, 0.717) is 11.8 Å². The summed E-state index contributed by atoms with van der Waals surface area (Å²) in [7, 11) is 8.10. The van der Waals surface area contributed by atoms with Crippen LogP contribution in [0.2, 0.25) is 0 Å². The Balaban J connectivity index is 1.64. The lowest BCUT2D eigenvalue weighted by Crippen LogP contribution is -2.43. The molecule has 8 nitrogen and oxygen atoms in total. The van der Waals surface area contributed by atoms with Gasteiger partial charge in [-0.1, -0.05) is 84.5 Å². The number of nitrogens with one attached hydrogen (secondary N) is 2. The van der Waals surface area contributed by atoms with Crippen LogP contribution in [0, 0.1) is 11.8 Å². The first-order chi connectivity index (χ1) is 24.2. The summed E-state index contributed by atoms with van der Waals surface area (Å²) in [6.45, 7) is 7.61. The van der Waals surface area contributed by atoms with Crippen LogP contribution in [0.3, 0.4) is 0 Å². The lowest BCUT2D eigenvalue weighted by atomic mass is 9.80. The van der Waals surface area contributed by atoms with Gasteiger partial charge in [-0.25, -0.2) is 9.59 Å². The van der Waals surface area contributed by atoms with E-state index in [2.05, 4.69) is 44.1 Å². The van der Waals surface area contributed by atoms with Crippen molar-refractivity contribution in [2.24, 2.45) is 11.8 Å². The zero-order valence-electron chi connectivity index (χ0n) is 32.5. The summed E-state index contributed by atoms with van der Waals surface area (Å²) in [5, 5.41) is 6.39. The molecule has 0 bridgehead atoms. The highest BCUT2D eigenvalue weighted by atomic mass is 16.2. The number of rotatable bonds is 22. The average molecular weight is 691 g/mol. The minimum absolute atomic E-state index is 0.00245. The Morgan fingerprint density at radius 3 is 1.28 bits per heavy atom. The monoisotopic (exact) mass is 691 g/mol. The number of unbranched alkanes of at least 4 members (excludes halogenated alkanes) is 10. The van der Waals surface area contributed by atoms with E-state index in [1.165, 1.54) is 51.4 Å². The molecule has 1 saturated carbocycles. The molecule has 2 aromatic rings. The third-order valence-electron chi connectivity index (χ3n) is 10.3. The molecule has 1 aliphatic rings. The normalized spacial score (nSPS) is 15.7. The Morgan fingerprint density at radius 1 is 0.560 bits per heavy atom. The lowest BCUT2D eigenvalue weighted by molar-refractivity contribution is 0.153. The van der Waals surface area contributed by atoms with Gasteiger partial charge in [0.1, 0.15) is 0 Å². The fraction of sp³-hybridized carbons (Fsp3) is 0.667. The maximum atomic E-state index is 13.7. The summed E-state index contributed by atoms with van der Waals surface area (Å²) >= 11 is 0. The van der Waals surface area contributed by atoms with Crippen LogP contribution in [0.15, 0.2) is 48.5 Å². The van der Waals surface area contributed by atoms with Crippen molar-refractivity contribution < 1.29 is 9.59 Å². The highest BCUT2D eigenvalue weighted by Gasteiger charge is 2.28. The summed E-state index contributed by atoms with van der Waals surface area (Å²) in [5.74, 6) is 0.876. The number of carbonyl (C=O) groups is 2. The summed E-state index contributed by atoms with van der Waals surface area (Å²) in [6, 6.07) is 16.2. The van der Waals surface area contributed by atoms with Crippen molar-refractivity contribution in [1.82, 2.24) is 9.80 Å². The number of urea groups is 2. The van der Waals surface area contributed by atoms with E-state index in [1.807, 2.05) is 76.7 Å². The van der Waals surface area contributed by atoms with Crippen LogP contribution in [-0.4, -0.2) is 76.2 Å². The zero-order chi connectivity index (χ0) is 36.1. The predicted octanol–water partition coefficient (Wildman–Crippen LogP) is 10.7. The van der Waals surface area contributed by atoms with E-state index in [1.54, 1.807) is 0 Å². The second kappa shape index (κ2) is 23.1. The van der Waals surface area contributed by atoms with Gasteiger partial charge in [0.15, 0.2) is 0 Å². The minimum atomic E-state index is 0.00245. The molecule has 50 heavy (non-hydrogen) atoms. The number of hydrogen-bond donors (Lipinski definition) is 2. The largest absolute Gasteiger partial charge is 0.378 e. The summed E-state index contributed by atoms with van der Waals surface area (Å²) in [4.78, 5) is 35.7. The van der Waals surface area contributed by atoms with Gasteiger partial charge in [-0.05, 0) is 92.5 Å². The van der Waals surface area contributed by atoms with Crippen molar-refractivity contribution in [2.45, 2.75) is 117 Å². The van der Waals surface area contributed by atoms with Gasteiger partial charge in [0.05, 0.1) is 0 Å². The molecule has 8 heteroatoms. The van der Waals surface area contributed by atoms with Gasteiger partial charge in [0.2, 0.25) is 0 Å². The van der Waals surface area contributed by atoms with Crippen LogP contribution in [-0.2, 0) is 0 Å². The maximum absolute atomic E-state index is 13.7. The third-order valence-corrected chi connectivity index (χ3v) is 10.3. The highest BCUT2D eigenvalue weighted by molar-refractivity contribution is 5.90. The second-order valence-corrected chi connectivity index (χ2v) is 15.1. The highest BCUT2D eigenvalue weighted by Crippen LogP contribution is 2.31. The van der Waals surface area contributed by atoms with Crippen molar-refractivity contribution >= 4 is 34.8 Å². The first-order valence-corrected chi connectivity index (χ1v) is 19.9. The number of amides is 4. The molecule has 1 fully saturated rings. The molecule has 0 radical (unpaired) electrons. The quantitative estimate of drug-likeness (QED) is 0.121. The molecular formula is C42H70N6O2. The Kier molecular flexibility index (Phi) is 19.0. The van der Waals surface area contributed by atoms with Gasteiger partial charge in [0, 0.05) is 77.1 Å². The van der Waals surface area contributed by atoms with Crippen molar-refractivity contribution in [3.8, 4) is 0 Å². The molecule has 4 amide bonds. The van der Waals surface area contributed by atoms with Gasteiger partial charge in [-0.3, -0.25) is 0 Å². The van der Waals surface area contributed by atoms with Crippen LogP contribution in [0.25, 0.3) is 0 Å². The van der Waals surface area contributed by atoms with Gasteiger partial charge in [-0.2, -0.15) is 0 Å². The minimum Gasteiger partial charge on any atom is -0.378 e. The predicted molar refractivity (Wildman–Crippen MR) is 215 cm³/mol. The number of hydrogen-bond acceptors (Lipinski definition) is 4. The Morgan fingerprint density at radius 2 is 0.920 bits per heavy atom. The van der Waals surface area contributed by atoms with Crippen molar-refractivity contribution in [2.75, 3.05) is 74.8 Å². The Bertz CT molecular complexity index is 1120. The fourth-order valence-corrected chi connectivity index (χ4v) is 7.17. The molecule has 0 aromatic heterocycles. The number of nitrogens with zero attached hydrogens (tertiary/aromatic N) is 4. The molecule has 2 atom stereocenters.